The quantitative estimate of drug-likeness (QED) is 0.735. The number of aromatic nitrogens is 1. The number of carbonyl (C=O) groups is 1. The second-order valence-electron chi connectivity index (χ2n) is 5.13. The van der Waals surface area contributed by atoms with Crippen LogP contribution in [0, 0.1) is 6.92 Å². The van der Waals surface area contributed by atoms with Gasteiger partial charge in [0.25, 0.3) is 5.91 Å². The van der Waals surface area contributed by atoms with E-state index in [4.69, 9.17) is 21.1 Å². The molecule has 7 heteroatoms. The molecule has 0 fully saturated rings. The third kappa shape index (κ3) is 3.77. The first-order chi connectivity index (χ1) is 11.5. The van der Waals surface area contributed by atoms with Crippen molar-refractivity contribution in [2.75, 3.05) is 19.0 Å². The molecule has 0 unspecified atom stereocenters. The minimum atomic E-state index is -0.270. The van der Waals surface area contributed by atoms with Gasteiger partial charge in [0.05, 0.1) is 22.3 Å². The zero-order chi connectivity index (χ0) is 17.1. The number of halogens is 1. The van der Waals surface area contributed by atoms with Crippen molar-refractivity contribution in [2.45, 2.75) is 6.92 Å². The lowest BCUT2D eigenvalue weighted by Crippen LogP contribution is -2.20. The van der Waals surface area contributed by atoms with Gasteiger partial charge in [-0.15, -0.1) is 0 Å². The van der Waals surface area contributed by atoms with Crippen molar-refractivity contribution < 1.29 is 14.3 Å². The minimum absolute atomic E-state index is 0.0799. The molecule has 0 spiro atoms. The van der Waals surface area contributed by atoms with Gasteiger partial charge in [-0.25, -0.2) is 4.98 Å². The lowest BCUT2D eigenvalue weighted by Gasteiger charge is -2.06. The van der Waals surface area contributed by atoms with Gasteiger partial charge in [-0.1, -0.05) is 35.1 Å². The Labute approximate surface area is 148 Å². The lowest BCUT2D eigenvalue weighted by atomic mass is 10.2. The number of anilines is 1. The summed E-state index contributed by atoms with van der Waals surface area (Å²) in [7, 11) is 1.55. The average Bonchev–Trinajstić information content (AvgIpc) is 2.93. The number of thiazole rings is 1. The standard InChI is InChI=1S/C17H15ClN2O3S/c1-10-4-3-5-11(6-10)23-9-16(21)20-17-19-13-7-12(18)14(22-2)8-15(13)24-17/h3-8H,9H2,1-2H3,(H,19,20,21). The molecule has 3 rings (SSSR count). The number of nitrogens with zero attached hydrogens (tertiary/aromatic N) is 1. The predicted molar refractivity (Wildman–Crippen MR) is 96.5 cm³/mol. The number of aryl methyl sites for hydroxylation is 1. The van der Waals surface area contributed by atoms with Crippen molar-refractivity contribution in [1.82, 2.24) is 4.98 Å². The van der Waals surface area contributed by atoms with E-state index in [0.717, 1.165) is 10.3 Å². The zero-order valence-electron chi connectivity index (χ0n) is 13.1. The first kappa shape index (κ1) is 16.5. The summed E-state index contributed by atoms with van der Waals surface area (Å²) in [6, 6.07) is 11.0. The maximum Gasteiger partial charge on any atom is 0.264 e. The molecule has 0 saturated heterocycles. The number of hydrogen-bond acceptors (Lipinski definition) is 5. The summed E-state index contributed by atoms with van der Waals surface area (Å²) in [5.41, 5.74) is 1.78. The number of carbonyl (C=O) groups excluding carboxylic acids is 1. The summed E-state index contributed by atoms with van der Waals surface area (Å²) in [5.74, 6) is 0.966. The van der Waals surface area contributed by atoms with E-state index < -0.39 is 0 Å². The molecular weight excluding hydrogens is 348 g/mol. The van der Waals surface area contributed by atoms with Crippen LogP contribution >= 0.6 is 22.9 Å². The normalized spacial score (nSPS) is 10.6. The highest BCUT2D eigenvalue weighted by molar-refractivity contribution is 7.22. The molecule has 0 bridgehead atoms. The first-order valence-corrected chi connectivity index (χ1v) is 8.38. The van der Waals surface area contributed by atoms with Crippen molar-refractivity contribution in [3.05, 3.63) is 47.0 Å². The van der Waals surface area contributed by atoms with Gasteiger partial charge >= 0.3 is 0 Å². The fourth-order valence-corrected chi connectivity index (χ4v) is 3.28. The highest BCUT2D eigenvalue weighted by Crippen LogP contribution is 2.34. The second-order valence-corrected chi connectivity index (χ2v) is 6.56. The Hall–Kier alpha value is -2.31. The molecule has 1 amide bonds. The number of amides is 1. The Balaban J connectivity index is 1.67. The van der Waals surface area contributed by atoms with Gasteiger partial charge in [-0.05, 0) is 30.7 Å². The van der Waals surface area contributed by atoms with E-state index in [1.54, 1.807) is 19.2 Å². The molecule has 2 aromatic carbocycles. The molecule has 0 aliphatic carbocycles. The van der Waals surface area contributed by atoms with Crippen LogP contribution in [0.3, 0.4) is 0 Å². The maximum absolute atomic E-state index is 12.0. The topological polar surface area (TPSA) is 60.5 Å². The van der Waals surface area contributed by atoms with Gasteiger partial charge in [0.2, 0.25) is 0 Å². The van der Waals surface area contributed by atoms with E-state index in [9.17, 15) is 4.79 Å². The summed E-state index contributed by atoms with van der Waals surface area (Å²) in [6.45, 7) is 1.89. The fraction of sp³-hybridized carbons (Fsp3) is 0.176. The molecule has 1 aromatic heterocycles. The molecule has 0 atom stereocenters. The number of benzene rings is 2. The monoisotopic (exact) mass is 362 g/mol. The van der Waals surface area contributed by atoms with Gasteiger partial charge in [-0.2, -0.15) is 0 Å². The van der Waals surface area contributed by atoms with E-state index in [0.29, 0.717) is 27.2 Å². The molecule has 1 N–H and O–H groups in total. The average molecular weight is 363 g/mol. The summed E-state index contributed by atoms with van der Waals surface area (Å²) in [5, 5.41) is 3.71. The third-order valence-corrected chi connectivity index (χ3v) is 4.50. The van der Waals surface area contributed by atoms with E-state index in [-0.39, 0.29) is 12.5 Å². The number of ether oxygens (including phenoxy) is 2. The molecule has 0 radical (unpaired) electrons. The molecular formula is C17H15ClN2O3S. The van der Waals surface area contributed by atoms with Crippen LogP contribution in [0.4, 0.5) is 5.13 Å². The Bertz CT molecular complexity index is 895. The van der Waals surface area contributed by atoms with Crippen LogP contribution in [0.5, 0.6) is 11.5 Å². The van der Waals surface area contributed by atoms with Gasteiger partial charge < -0.3 is 9.47 Å². The molecule has 0 saturated carbocycles. The Morgan fingerprint density at radius 2 is 2.17 bits per heavy atom. The summed E-state index contributed by atoms with van der Waals surface area (Å²) < 4.78 is 11.5. The molecule has 3 aromatic rings. The summed E-state index contributed by atoms with van der Waals surface area (Å²) in [4.78, 5) is 16.4. The van der Waals surface area contributed by atoms with Crippen LogP contribution in [-0.2, 0) is 4.79 Å². The highest BCUT2D eigenvalue weighted by Gasteiger charge is 2.11. The Kier molecular flexibility index (Phi) is 4.87. The third-order valence-electron chi connectivity index (χ3n) is 3.27. The summed E-state index contributed by atoms with van der Waals surface area (Å²) >= 11 is 7.43. The SMILES string of the molecule is COc1cc2sc(NC(=O)COc3cccc(C)c3)nc2cc1Cl. The Morgan fingerprint density at radius 3 is 2.92 bits per heavy atom. The van der Waals surface area contributed by atoms with Crippen molar-refractivity contribution >= 4 is 44.2 Å². The smallest absolute Gasteiger partial charge is 0.264 e. The molecule has 124 valence electrons. The Morgan fingerprint density at radius 1 is 1.33 bits per heavy atom. The minimum Gasteiger partial charge on any atom is -0.495 e. The second kappa shape index (κ2) is 7.07. The largest absolute Gasteiger partial charge is 0.495 e. The van der Waals surface area contributed by atoms with E-state index in [2.05, 4.69) is 10.3 Å². The number of rotatable bonds is 5. The lowest BCUT2D eigenvalue weighted by molar-refractivity contribution is -0.118. The molecule has 5 nitrogen and oxygen atoms in total. The van der Waals surface area contributed by atoms with Crippen molar-refractivity contribution in [3.63, 3.8) is 0 Å². The van der Waals surface area contributed by atoms with E-state index in [1.807, 2.05) is 31.2 Å². The van der Waals surface area contributed by atoms with Crippen LogP contribution in [0.2, 0.25) is 5.02 Å². The van der Waals surface area contributed by atoms with Crippen molar-refractivity contribution in [1.29, 1.82) is 0 Å². The number of hydrogen-bond donors (Lipinski definition) is 1. The number of fused-ring (bicyclic) bond motifs is 1. The van der Waals surface area contributed by atoms with Gasteiger partial charge in [-0.3, -0.25) is 10.1 Å². The van der Waals surface area contributed by atoms with Crippen LogP contribution in [0.25, 0.3) is 10.2 Å². The maximum atomic E-state index is 12.0. The molecule has 0 aliphatic heterocycles. The van der Waals surface area contributed by atoms with Crippen LogP contribution in [0.1, 0.15) is 5.56 Å². The number of methoxy groups -OCH3 is 1. The molecule has 1 heterocycles. The van der Waals surface area contributed by atoms with Crippen LogP contribution in [-0.4, -0.2) is 24.6 Å². The van der Waals surface area contributed by atoms with Crippen molar-refractivity contribution in [3.8, 4) is 11.5 Å². The number of nitrogens with one attached hydrogen (secondary N) is 1. The van der Waals surface area contributed by atoms with Crippen LogP contribution in [0.15, 0.2) is 36.4 Å². The fourth-order valence-electron chi connectivity index (χ4n) is 2.15. The van der Waals surface area contributed by atoms with Crippen molar-refractivity contribution in [2.24, 2.45) is 0 Å². The predicted octanol–water partition coefficient (Wildman–Crippen LogP) is 4.28. The molecule has 24 heavy (non-hydrogen) atoms. The summed E-state index contributed by atoms with van der Waals surface area (Å²) in [6.07, 6.45) is 0. The molecule has 0 aliphatic rings. The van der Waals surface area contributed by atoms with E-state index >= 15 is 0 Å². The van der Waals surface area contributed by atoms with Gasteiger partial charge in [0.15, 0.2) is 11.7 Å². The zero-order valence-corrected chi connectivity index (χ0v) is 14.7. The van der Waals surface area contributed by atoms with E-state index in [1.165, 1.54) is 11.3 Å². The highest BCUT2D eigenvalue weighted by atomic mass is 35.5. The first-order valence-electron chi connectivity index (χ1n) is 7.18. The van der Waals surface area contributed by atoms with Gasteiger partial charge in [0, 0.05) is 6.07 Å². The van der Waals surface area contributed by atoms with Crippen LogP contribution < -0.4 is 14.8 Å². The van der Waals surface area contributed by atoms with Gasteiger partial charge in [0.1, 0.15) is 11.5 Å².